The summed E-state index contributed by atoms with van der Waals surface area (Å²) in [4.78, 5) is 13.2. The summed E-state index contributed by atoms with van der Waals surface area (Å²) < 4.78 is 58.2. The number of methoxy groups -OCH3 is 1. The van der Waals surface area contributed by atoms with Crippen molar-refractivity contribution in [3.8, 4) is 5.75 Å². The number of aromatic nitrogens is 1. The van der Waals surface area contributed by atoms with Gasteiger partial charge in [0.05, 0.1) is 12.0 Å². The number of carbonyl (C=O) groups excluding carboxylic acids is 1. The zero-order chi connectivity index (χ0) is 23.8. The number of nitrogens with zero attached hydrogens (tertiary/aromatic N) is 1. The maximum atomic E-state index is 13.5. The molecule has 174 valence electrons. The van der Waals surface area contributed by atoms with E-state index >= 15 is 0 Å². The van der Waals surface area contributed by atoms with Gasteiger partial charge in [0.15, 0.2) is 11.6 Å². The van der Waals surface area contributed by atoms with Crippen molar-refractivity contribution >= 4 is 21.5 Å². The minimum atomic E-state index is -3.37. The number of hydrogen-bond donors (Lipinski definition) is 3. The average molecular weight is 475 g/mol. The topological polar surface area (TPSA) is 96.2 Å². The van der Waals surface area contributed by atoms with Crippen molar-refractivity contribution in [3.63, 3.8) is 0 Å². The molecule has 1 unspecified atom stereocenters. The molecule has 0 saturated heterocycles. The number of anilines is 1. The minimum absolute atomic E-state index is 0.101. The van der Waals surface area contributed by atoms with E-state index in [-0.39, 0.29) is 22.3 Å². The van der Waals surface area contributed by atoms with Crippen LogP contribution >= 0.6 is 0 Å². The minimum Gasteiger partial charge on any atom is -0.497 e. The molecule has 3 aromatic rings. The molecule has 1 aliphatic heterocycles. The van der Waals surface area contributed by atoms with E-state index < -0.39 is 27.5 Å². The van der Waals surface area contributed by atoms with Gasteiger partial charge in [-0.1, -0.05) is 12.1 Å². The smallest absolute Gasteiger partial charge is 0.272 e. The fourth-order valence-corrected chi connectivity index (χ4v) is 5.71. The van der Waals surface area contributed by atoms with Crippen LogP contribution in [0.2, 0.25) is 0 Å². The predicted octanol–water partition coefficient (Wildman–Crippen LogP) is 4.03. The van der Waals surface area contributed by atoms with Crippen molar-refractivity contribution in [2.45, 2.75) is 30.2 Å². The SMILES string of the molecule is COc1ccc(C[C@H]2CCc3c(cn(C)c3C(=O)Nc3ccc(F)c(F)c3)S(=N)(=O)N2)cc1. The zero-order valence-corrected chi connectivity index (χ0v) is 19.0. The monoisotopic (exact) mass is 474 g/mol. The standard InChI is InChI=1S/C23H24F2N4O3S/c1-29-13-21-18(22(29)23(30)27-15-6-10-19(24)20(25)12-15)9-5-16(28-33(21,26)31)11-14-3-7-17(32-2)8-4-14/h3-4,6-8,10,12-13,16H,5,9,11H2,1-2H3,(H,27,30)(H2,26,28,31)/t16-,33?/m1/s1. The zero-order valence-electron chi connectivity index (χ0n) is 18.2. The largest absolute Gasteiger partial charge is 0.497 e. The third-order valence-corrected chi connectivity index (χ3v) is 7.30. The number of amides is 1. The van der Waals surface area contributed by atoms with Gasteiger partial charge in [-0.15, -0.1) is 0 Å². The molecule has 1 amide bonds. The van der Waals surface area contributed by atoms with E-state index in [9.17, 15) is 17.8 Å². The van der Waals surface area contributed by atoms with Gasteiger partial charge in [-0.25, -0.2) is 22.5 Å². The molecule has 0 saturated carbocycles. The highest BCUT2D eigenvalue weighted by atomic mass is 32.2. The lowest BCUT2D eigenvalue weighted by atomic mass is 9.99. The van der Waals surface area contributed by atoms with Gasteiger partial charge >= 0.3 is 0 Å². The Morgan fingerprint density at radius 1 is 1.24 bits per heavy atom. The maximum Gasteiger partial charge on any atom is 0.272 e. The Morgan fingerprint density at radius 3 is 2.64 bits per heavy atom. The fraction of sp³-hybridized carbons (Fsp3) is 0.261. The number of nitrogens with one attached hydrogen (secondary N) is 3. The Kier molecular flexibility index (Phi) is 6.22. The molecule has 0 spiro atoms. The van der Waals surface area contributed by atoms with Gasteiger partial charge in [-0.2, -0.15) is 0 Å². The first-order chi connectivity index (χ1) is 15.7. The van der Waals surface area contributed by atoms with Crippen LogP contribution in [0, 0.1) is 16.4 Å². The molecule has 4 rings (SSSR count). The predicted molar refractivity (Wildman–Crippen MR) is 121 cm³/mol. The van der Waals surface area contributed by atoms with Crippen molar-refractivity contribution in [1.82, 2.24) is 9.29 Å². The van der Waals surface area contributed by atoms with Crippen LogP contribution in [-0.4, -0.2) is 27.8 Å². The molecule has 0 radical (unpaired) electrons. The molecular weight excluding hydrogens is 450 g/mol. The van der Waals surface area contributed by atoms with Crippen LogP contribution in [0.15, 0.2) is 53.6 Å². The van der Waals surface area contributed by atoms with E-state index in [1.54, 1.807) is 14.2 Å². The van der Waals surface area contributed by atoms with Crippen LogP contribution in [0.5, 0.6) is 5.75 Å². The average Bonchev–Trinajstić information content (AvgIpc) is 3.06. The first-order valence-electron chi connectivity index (χ1n) is 10.3. The van der Waals surface area contributed by atoms with Crippen molar-refractivity contribution in [3.05, 3.63) is 77.1 Å². The number of ether oxygens (including phenoxy) is 1. The van der Waals surface area contributed by atoms with E-state index in [1.807, 2.05) is 24.3 Å². The van der Waals surface area contributed by atoms with Crippen LogP contribution in [0.1, 0.15) is 28.0 Å². The highest BCUT2D eigenvalue weighted by Gasteiger charge is 2.31. The highest BCUT2D eigenvalue weighted by Crippen LogP contribution is 2.29. The second-order valence-electron chi connectivity index (χ2n) is 7.98. The van der Waals surface area contributed by atoms with Gasteiger partial charge in [0.25, 0.3) is 5.91 Å². The molecule has 33 heavy (non-hydrogen) atoms. The summed E-state index contributed by atoms with van der Waals surface area (Å²) in [5, 5.41) is 2.56. The second-order valence-corrected chi connectivity index (χ2v) is 9.76. The van der Waals surface area contributed by atoms with Crippen molar-refractivity contribution in [2.24, 2.45) is 7.05 Å². The summed E-state index contributed by atoms with van der Waals surface area (Å²) in [6, 6.07) is 10.4. The Balaban J connectivity index is 1.58. The Bertz CT molecular complexity index is 1300. The highest BCUT2D eigenvalue weighted by molar-refractivity contribution is 7.90. The van der Waals surface area contributed by atoms with Crippen LogP contribution in [0.4, 0.5) is 14.5 Å². The van der Waals surface area contributed by atoms with E-state index in [0.29, 0.717) is 24.8 Å². The van der Waals surface area contributed by atoms with Gasteiger partial charge < -0.3 is 14.6 Å². The number of benzene rings is 2. The van der Waals surface area contributed by atoms with E-state index in [4.69, 9.17) is 9.52 Å². The molecule has 3 N–H and O–H groups in total. The molecule has 10 heteroatoms. The maximum absolute atomic E-state index is 13.5. The number of aryl methyl sites for hydroxylation is 1. The number of carbonyl (C=O) groups is 1. The normalized spacial score (nSPS) is 20.1. The summed E-state index contributed by atoms with van der Waals surface area (Å²) in [6.07, 6.45) is 3.07. The number of halogens is 2. The molecule has 7 nitrogen and oxygen atoms in total. The molecule has 2 atom stereocenters. The molecule has 2 aromatic carbocycles. The fourth-order valence-electron chi connectivity index (χ4n) is 4.06. The molecular formula is C23H24F2N4O3S. The van der Waals surface area contributed by atoms with Gasteiger partial charge in [-0.3, -0.25) is 4.79 Å². The third-order valence-electron chi connectivity index (χ3n) is 5.67. The lowest BCUT2D eigenvalue weighted by Crippen LogP contribution is -2.34. The molecule has 0 aliphatic carbocycles. The summed E-state index contributed by atoms with van der Waals surface area (Å²) >= 11 is 0. The molecule has 0 fully saturated rings. The van der Waals surface area contributed by atoms with Crippen LogP contribution < -0.4 is 14.8 Å². The molecule has 2 heterocycles. The van der Waals surface area contributed by atoms with Gasteiger partial charge in [0.1, 0.15) is 21.4 Å². The number of hydrogen-bond acceptors (Lipinski definition) is 4. The van der Waals surface area contributed by atoms with Crippen LogP contribution in [-0.2, 0) is 29.8 Å². The first-order valence-corrected chi connectivity index (χ1v) is 11.9. The second kappa shape index (κ2) is 8.95. The molecule has 1 aliphatic rings. The van der Waals surface area contributed by atoms with E-state index in [0.717, 1.165) is 23.4 Å². The summed E-state index contributed by atoms with van der Waals surface area (Å²) in [7, 11) is -0.150. The summed E-state index contributed by atoms with van der Waals surface area (Å²) in [6.45, 7) is 0. The molecule has 1 aromatic heterocycles. The van der Waals surface area contributed by atoms with Crippen molar-refractivity contribution in [2.75, 3.05) is 12.4 Å². The quantitative estimate of drug-likeness (QED) is 0.521. The lowest BCUT2D eigenvalue weighted by Gasteiger charge is -2.17. The van der Waals surface area contributed by atoms with Crippen LogP contribution in [0.3, 0.4) is 0 Å². The molecule has 0 bridgehead atoms. The van der Waals surface area contributed by atoms with Gasteiger partial charge in [0.2, 0.25) is 0 Å². The lowest BCUT2D eigenvalue weighted by molar-refractivity contribution is 0.101. The first kappa shape index (κ1) is 22.9. The van der Waals surface area contributed by atoms with Gasteiger partial charge in [0, 0.05) is 36.6 Å². The van der Waals surface area contributed by atoms with Gasteiger partial charge in [-0.05, 0) is 49.1 Å². The van der Waals surface area contributed by atoms with E-state index in [1.165, 1.54) is 16.8 Å². The van der Waals surface area contributed by atoms with Crippen LogP contribution in [0.25, 0.3) is 0 Å². The summed E-state index contributed by atoms with van der Waals surface area (Å²) in [5.74, 6) is -1.89. The number of fused-ring (bicyclic) bond motifs is 1. The summed E-state index contributed by atoms with van der Waals surface area (Å²) in [5.41, 5.74) is 1.86. The third kappa shape index (κ3) is 4.76. The Hall–Kier alpha value is -3.24. The van der Waals surface area contributed by atoms with E-state index in [2.05, 4.69) is 10.0 Å². The Morgan fingerprint density at radius 2 is 1.97 bits per heavy atom. The van der Waals surface area contributed by atoms with Crippen molar-refractivity contribution < 1.29 is 22.5 Å². The van der Waals surface area contributed by atoms with Crippen molar-refractivity contribution in [1.29, 1.82) is 4.78 Å². The number of rotatable bonds is 5. The Labute approximate surface area is 190 Å².